The first-order valence-electron chi connectivity index (χ1n) is 3.86. The fourth-order valence-electron chi connectivity index (χ4n) is 1.50. The maximum atomic E-state index is 11.9. The highest BCUT2D eigenvalue weighted by molar-refractivity contribution is 5.73. The number of carboxylic acid groups (broad SMARTS) is 1. The molecule has 0 aromatic carbocycles. The largest absolute Gasteiger partial charge is 0.480 e. The number of halogens is 2. The number of carbonyl (C=O) groups is 1. The zero-order valence-corrected chi connectivity index (χ0v) is 6.54. The van der Waals surface area contributed by atoms with Crippen molar-refractivity contribution in [1.82, 2.24) is 4.90 Å². The molecule has 0 bridgehead atoms. The van der Waals surface area contributed by atoms with Gasteiger partial charge in [0.25, 0.3) is 6.43 Å². The van der Waals surface area contributed by atoms with Crippen LogP contribution in [0, 0.1) is 0 Å². The molecule has 1 atom stereocenters. The maximum Gasteiger partial charge on any atom is 0.320 e. The summed E-state index contributed by atoms with van der Waals surface area (Å²) in [6, 6.07) is -0.695. The van der Waals surface area contributed by atoms with Gasteiger partial charge in [-0.25, -0.2) is 8.78 Å². The first-order chi connectivity index (χ1) is 5.61. The van der Waals surface area contributed by atoms with Crippen LogP contribution in [0.15, 0.2) is 0 Å². The molecule has 0 aliphatic carbocycles. The number of hydrogen-bond acceptors (Lipinski definition) is 2. The third kappa shape index (κ3) is 2.14. The van der Waals surface area contributed by atoms with E-state index in [1.54, 1.807) is 0 Å². The predicted molar refractivity (Wildman–Crippen MR) is 38.2 cm³/mol. The molecule has 3 nitrogen and oxygen atoms in total. The highest BCUT2D eigenvalue weighted by Crippen LogP contribution is 2.18. The molecule has 0 radical (unpaired) electrons. The summed E-state index contributed by atoms with van der Waals surface area (Å²) in [7, 11) is 0. The van der Waals surface area contributed by atoms with Crippen molar-refractivity contribution < 1.29 is 18.7 Å². The summed E-state index contributed by atoms with van der Waals surface area (Å²) in [5.41, 5.74) is 0. The number of carboxylic acids is 1. The molecule has 0 aromatic heterocycles. The SMILES string of the molecule is O=C(O)[C@@H]1CCCN1CC(F)F. The lowest BCUT2D eigenvalue weighted by Crippen LogP contribution is -2.38. The Bertz CT molecular complexity index is 175. The van der Waals surface area contributed by atoms with Gasteiger partial charge in [-0.05, 0) is 19.4 Å². The van der Waals surface area contributed by atoms with E-state index in [1.807, 2.05) is 0 Å². The Labute approximate surface area is 69.0 Å². The van der Waals surface area contributed by atoms with E-state index in [9.17, 15) is 13.6 Å². The Kier molecular flexibility index (Phi) is 2.97. The number of likely N-dealkylation sites (tertiary alicyclic amines) is 1. The molecule has 5 heteroatoms. The Morgan fingerprint density at radius 2 is 2.33 bits per heavy atom. The first kappa shape index (κ1) is 9.38. The quantitative estimate of drug-likeness (QED) is 0.696. The molecule has 1 aliphatic heterocycles. The zero-order chi connectivity index (χ0) is 9.14. The van der Waals surface area contributed by atoms with Crippen molar-refractivity contribution in [2.75, 3.05) is 13.1 Å². The molecule has 0 spiro atoms. The number of alkyl halides is 2. The van der Waals surface area contributed by atoms with E-state index in [0.717, 1.165) is 0 Å². The Hall–Kier alpha value is -0.710. The molecule has 1 fully saturated rings. The fraction of sp³-hybridized carbons (Fsp3) is 0.857. The molecule has 1 saturated heterocycles. The molecular formula is C7H11F2NO2. The van der Waals surface area contributed by atoms with Crippen molar-refractivity contribution in [2.24, 2.45) is 0 Å². The van der Waals surface area contributed by atoms with E-state index >= 15 is 0 Å². The molecule has 0 saturated carbocycles. The van der Waals surface area contributed by atoms with Crippen molar-refractivity contribution in [3.05, 3.63) is 0 Å². The van der Waals surface area contributed by atoms with E-state index in [-0.39, 0.29) is 0 Å². The molecule has 12 heavy (non-hydrogen) atoms. The minimum absolute atomic E-state index is 0.420. The number of aliphatic carboxylic acids is 1. The normalized spacial score (nSPS) is 25.1. The minimum Gasteiger partial charge on any atom is -0.480 e. The van der Waals surface area contributed by atoms with Gasteiger partial charge in [0.2, 0.25) is 0 Å². The minimum atomic E-state index is -2.44. The monoisotopic (exact) mass is 179 g/mol. The van der Waals surface area contributed by atoms with Crippen LogP contribution in [0.3, 0.4) is 0 Å². The van der Waals surface area contributed by atoms with Gasteiger partial charge >= 0.3 is 5.97 Å². The second kappa shape index (κ2) is 3.80. The van der Waals surface area contributed by atoms with Gasteiger partial charge in [0.05, 0.1) is 6.54 Å². The maximum absolute atomic E-state index is 11.9. The Balaban J connectivity index is 2.46. The highest BCUT2D eigenvalue weighted by Gasteiger charge is 2.31. The topological polar surface area (TPSA) is 40.5 Å². The molecule has 0 unspecified atom stereocenters. The van der Waals surface area contributed by atoms with Gasteiger partial charge in [-0.15, -0.1) is 0 Å². The van der Waals surface area contributed by atoms with E-state index in [0.29, 0.717) is 19.4 Å². The first-order valence-corrected chi connectivity index (χ1v) is 3.86. The fourth-order valence-corrected chi connectivity index (χ4v) is 1.50. The lowest BCUT2D eigenvalue weighted by molar-refractivity contribution is -0.142. The number of hydrogen-bond donors (Lipinski definition) is 1. The highest BCUT2D eigenvalue weighted by atomic mass is 19.3. The van der Waals surface area contributed by atoms with E-state index in [1.165, 1.54) is 4.90 Å². The van der Waals surface area contributed by atoms with E-state index in [4.69, 9.17) is 5.11 Å². The lowest BCUT2D eigenvalue weighted by Gasteiger charge is -2.19. The van der Waals surface area contributed by atoms with Gasteiger partial charge in [0, 0.05) is 0 Å². The van der Waals surface area contributed by atoms with Crippen molar-refractivity contribution in [3.63, 3.8) is 0 Å². The van der Waals surface area contributed by atoms with Gasteiger partial charge in [-0.1, -0.05) is 0 Å². The summed E-state index contributed by atoms with van der Waals surface area (Å²) in [5, 5.41) is 8.61. The Morgan fingerprint density at radius 3 is 2.83 bits per heavy atom. The van der Waals surface area contributed by atoms with Crippen LogP contribution in [0.2, 0.25) is 0 Å². The van der Waals surface area contributed by atoms with Crippen LogP contribution in [0.1, 0.15) is 12.8 Å². The summed E-state index contributed by atoms with van der Waals surface area (Å²) in [6.07, 6.45) is -1.25. The third-order valence-corrected chi connectivity index (χ3v) is 2.02. The second-order valence-electron chi connectivity index (χ2n) is 2.88. The second-order valence-corrected chi connectivity index (χ2v) is 2.88. The van der Waals surface area contributed by atoms with Crippen LogP contribution in [0.5, 0.6) is 0 Å². The molecule has 0 aromatic rings. The van der Waals surface area contributed by atoms with E-state index in [2.05, 4.69) is 0 Å². The molecule has 1 heterocycles. The van der Waals surface area contributed by atoms with Crippen LogP contribution >= 0.6 is 0 Å². The van der Waals surface area contributed by atoms with Gasteiger partial charge in [-0.2, -0.15) is 0 Å². The van der Waals surface area contributed by atoms with Gasteiger partial charge in [0.1, 0.15) is 6.04 Å². The summed E-state index contributed by atoms with van der Waals surface area (Å²) >= 11 is 0. The van der Waals surface area contributed by atoms with Crippen molar-refractivity contribution in [3.8, 4) is 0 Å². The predicted octanol–water partition coefficient (Wildman–Crippen LogP) is 0.800. The van der Waals surface area contributed by atoms with Crippen LogP contribution in [-0.4, -0.2) is 41.5 Å². The summed E-state index contributed by atoms with van der Waals surface area (Å²) in [4.78, 5) is 11.8. The molecule has 1 aliphatic rings. The van der Waals surface area contributed by atoms with Crippen molar-refractivity contribution >= 4 is 5.97 Å². The van der Waals surface area contributed by atoms with Crippen LogP contribution in [0.25, 0.3) is 0 Å². The van der Waals surface area contributed by atoms with Crippen molar-refractivity contribution in [1.29, 1.82) is 0 Å². The summed E-state index contributed by atoms with van der Waals surface area (Å²) < 4.78 is 23.8. The molecule has 1 rings (SSSR count). The molecule has 1 N–H and O–H groups in total. The van der Waals surface area contributed by atoms with Gasteiger partial charge in [-0.3, -0.25) is 9.69 Å². The molecular weight excluding hydrogens is 168 g/mol. The van der Waals surface area contributed by atoms with Gasteiger partial charge < -0.3 is 5.11 Å². The van der Waals surface area contributed by atoms with Crippen LogP contribution in [-0.2, 0) is 4.79 Å². The number of rotatable bonds is 3. The van der Waals surface area contributed by atoms with Gasteiger partial charge in [0.15, 0.2) is 0 Å². The average Bonchev–Trinajstić information content (AvgIpc) is 2.33. The number of nitrogens with zero attached hydrogens (tertiary/aromatic N) is 1. The van der Waals surface area contributed by atoms with Crippen LogP contribution < -0.4 is 0 Å². The smallest absolute Gasteiger partial charge is 0.320 e. The van der Waals surface area contributed by atoms with Crippen LogP contribution in [0.4, 0.5) is 8.78 Å². The zero-order valence-electron chi connectivity index (χ0n) is 6.54. The molecule has 0 amide bonds. The Morgan fingerprint density at radius 1 is 1.67 bits per heavy atom. The van der Waals surface area contributed by atoms with E-state index < -0.39 is 25.0 Å². The summed E-state index contributed by atoms with van der Waals surface area (Å²) in [5.74, 6) is -0.992. The standard InChI is InChI=1S/C7H11F2NO2/c8-6(9)4-10-3-1-2-5(10)7(11)12/h5-6H,1-4H2,(H,11,12)/t5-/m0/s1. The van der Waals surface area contributed by atoms with Crippen molar-refractivity contribution in [2.45, 2.75) is 25.3 Å². The summed E-state index contributed by atoms with van der Waals surface area (Å²) in [6.45, 7) is 0.0538. The lowest BCUT2D eigenvalue weighted by atomic mass is 10.2. The molecule has 70 valence electrons. The average molecular weight is 179 g/mol. The third-order valence-electron chi connectivity index (χ3n) is 2.02.